The summed E-state index contributed by atoms with van der Waals surface area (Å²) >= 11 is 2.03. The van der Waals surface area contributed by atoms with Gasteiger partial charge in [0.25, 0.3) is 5.91 Å². The zero-order valence-corrected chi connectivity index (χ0v) is 16.6. The highest BCUT2D eigenvalue weighted by atomic mass is 32.2. The molecule has 4 rings (SSSR count). The summed E-state index contributed by atoms with van der Waals surface area (Å²) in [6.45, 7) is 3.29. The summed E-state index contributed by atoms with van der Waals surface area (Å²) < 4.78 is 0. The third-order valence-electron chi connectivity index (χ3n) is 4.98. The Kier molecular flexibility index (Phi) is 6.10. The second kappa shape index (κ2) is 9.09. The second-order valence-corrected chi connectivity index (χ2v) is 8.21. The van der Waals surface area contributed by atoms with Crippen molar-refractivity contribution in [3.8, 4) is 11.1 Å². The Morgan fingerprint density at radius 2 is 1.46 bits per heavy atom. The lowest BCUT2D eigenvalue weighted by Gasteiger charge is -2.26. The molecule has 0 saturated carbocycles. The average molecular weight is 389 g/mol. The Hall–Kier alpha value is -2.56. The van der Waals surface area contributed by atoms with Gasteiger partial charge in [-0.2, -0.15) is 11.8 Å². The molecular formula is C24H24N2OS. The van der Waals surface area contributed by atoms with Gasteiger partial charge in [-0.1, -0.05) is 54.6 Å². The summed E-state index contributed by atoms with van der Waals surface area (Å²) in [5, 5.41) is 2.99. The molecule has 1 N–H and O–H groups in total. The summed E-state index contributed by atoms with van der Waals surface area (Å²) in [6, 6.07) is 26.1. The Balaban J connectivity index is 1.36. The van der Waals surface area contributed by atoms with Crippen molar-refractivity contribution in [2.75, 3.05) is 29.9 Å². The van der Waals surface area contributed by atoms with Crippen molar-refractivity contribution in [1.29, 1.82) is 0 Å². The van der Waals surface area contributed by atoms with Crippen LogP contribution in [0, 0.1) is 0 Å². The van der Waals surface area contributed by atoms with Crippen molar-refractivity contribution < 1.29 is 4.79 Å². The summed E-state index contributed by atoms with van der Waals surface area (Å²) in [5.41, 5.74) is 5.04. The number of benzene rings is 3. The topological polar surface area (TPSA) is 32.3 Å². The number of nitrogens with one attached hydrogen (secondary N) is 1. The molecule has 0 bridgehead atoms. The van der Waals surface area contributed by atoms with Crippen LogP contribution < -0.4 is 5.32 Å². The largest absolute Gasteiger partial charge is 0.322 e. The monoisotopic (exact) mass is 388 g/mol. The van der Waals surface area contributed by atoms with Crippen LogP contribution in [0.1, 0.15) is 15.9 Å². The normalized spacial score (nSPS) is 14.6. The number of anilines is 1. The minimum Gasteiger partial charge on any atom is -0.322 e. The van der Waals surface area contributed by atoms with Gasteiger partial charge in [-0.25, -0.2) is 0 Å². The van der Waals surface area contributed by atoms with E-state index < -0.39 is 0 Å². The molecule has 0 spiro atoms. The van der Waals surface area contributed by atoms with E-state index in [-0.39, 0.29) is 5.91 Å². The van der Waals surface area contributed by atoms with E-state index in [1.54, 1.807) is 0 Å². The highest BCUT2D eigenvalue weighted by molar-refractivity contribution is 7.99. The Labute approximate surface area is 170 Å². The fourth-order valence-corrected chi connectivity index (χ4v) is 4.34. The van der Waals surface area contributed by atoms with Gasteiger partial charge < -0.3 is 5.32 Å². The molecule has 0 atom stereocenters. The first-order chi connectivity index (χ1) is 13.8. The van der Waals surface area contributed by atoms with Crippen LogP contribution >= 0.6 is 11.8 Å². The SMILES string of the molecule is O=C(Nc1ccc(CN2CCSCC2)cc1)c1ccc(-c2ccccc2)cc1. The molecule has 4 heteroatoms. The molecule has 0 unspecified atom stereocenters. The third-order valence-corrected chi connectivity index (χ3v) is 5.92. The van der Waals surface area contributed by atoms with Crippen LogP contribution in [-0.2, 0) is 6.54 Å². The molecule has 0 radical (unpaired) electrons. The number of carbonyl (C=O) groups excluding carboxylic acids is 1. The van der Waals surface area contributed by atoms with Crippen LogP contribution in [0.5, 0.6) is 0 Å². The van der Waals surface area contributed by atoms with Gasteiger partial charge in [0.05, 0.1) is 0 Å². The van der Waals surface area contributed by atoms with Crippen LogP contribution in [0.25, 0.3) is 11.1 Å². The van der Waals surface area contributed by atoms with Gasteiger partial charge in [-0.15, -0.1) is 0 Å². The smallest absolute Gasteiger partial charge is 0.255 e. The van der Waals surface area contributed by atoms with Gasteiger partial charge in [-0.3, -0.25) is 9.69 Å². The Morgan fingerprint density at radius 1 is 0.821 bits per heavy atom. The molecule has 1 heterocycles. The lowest BCUT2D eigenvalue weighted by Crippen LogP contribution is -2.31. The number of hydrogen-bond acceptors (Lipinski definition) is 3. The molecule has 0 aliphatic carbocycles. The Morgan fingerprint density at radius 3 is 2.14 bits per heavy atom. The third kappa shape index (κ3) is 4.83. The molecule has 142 valence electrons. The first-order valence-electron chi connectivity index (χ1n) is 9.64. The van der Waals surface area contributed by atoms with Crippen molar-refractivity contribution in [1.82, 2.24) is 4.90 Å². The maximum Gasteiger partial charge on any atom is 0.255 e. The van der Waals surface area contributed by atoms with Crippen LogP contribution in [0.2, 0.25) is 0 Å². The van der Waals surface area contributed by atoms with Crippen molar-refractivity contribution in [2.24, 2.45) is 0 Å². The molecule has 28 heavy (non-hydrogen) atoms. The molecule has 3 aromatic carbocycles. The van der Waals surface area contributed by atoms with E-state index in [0.717, 1.165) is 36.4 Å². The zero-order valence-electron chi connectivity index (χ0n) is 15.8. The van der Waals surface area contributed by atoms with Gasteiger partial charge in [0, 0.05) is 42.4 Å². The van der Waals surface area contributed by atoms with Gasteiger partial charge in [0.1, 0.15) is 0 Å². The van der Waals surface area contributed by atoms with Crippen LogP contribution in [0.15, 0.2) is 78.9 Å². The van der Waals surface area contributed by atoms with Gasteiger partial charge in [0.15, 0.2) is 0 Å². The fraction of sp³-hybridized carbons (Fsp3) is 0.208. The number of nitrogens with zero attached hydrogens (tertiary/aromatic N) is 1. The van der Waals surface area contributed by atoms with Crippen molar-refractivity contribution in [3.63, 3.8) is 0 Å². The number of rotatable bonds is 5. The predicted molar refractivity (Wildman–Crippen MR) is 119 cm³/mol. The van der Waals surface area contributed by atoms with Crippen molar-refractivity contribution >= 4 is 23.4 Å². The maximum absolute atomic E-state index is 12.5. The summed E-state index contributed by atoms with van der Waals surface area (Å²) in [6.07, 6.45) is 0. The van der Waals surface area contributed by atoms with Gasteiger partial charge in [-0.05, 0) is 41.0 Å². The average Bonchev–Trinajstić information content (AvgIpc) is 2.76. The number of hydrogen-bond donors (Lipinski definition) is 1. The fourth-order valence-electron chi connectivity index (χ4n) is 3.36. The number of carbonyl (C=O) groups is 1. The van der Waals surface area contributed by atoms with Crippen LogP contribution in [0.3, 0.4) is 0 Å². The Bertz CT molecular complexity index is 902. The van der Waals surface area contributed by atoms with Crippen LogP contribution in [0.4, 0.5) is 5.69 Å². The molecule has 1 amide bonds. The summed E-state index contributed by atoms with van der Waals surface area (Å²) in [5.74, 6) is 2.36. The highest BCUT2D eigenvalue weighted by Gasteiger charge is 2.11. The lowest BCUT2D eigenvalue weighted by molar-refractivity contribution is 0.102. The summed E-state index contributed by atoms with van der Waals surface area (Å²) in [7, 11) is 0. The molecule has 3 aromatic rings. The van der Waals surface area contributed by atoms with Crippen molar-refractivity contribution in [3.05, 3.63) is 90.0 Å². The van der Waals surface area contributed by atoms with E-state index in [9.17, 15) is 4.79 Å². The van der Waals surface area contributed by atoms with E-state index in [1.165, 1.54) is 17.1 Å². The van der Waals surface area contributed by atoms with Gasteiger partial charge >= 0.3 is 0 Å². The molecular weight excluding hydrogens is 364 g/mol. The van der Waals surface area contributed by atoms with E-state index >= 15 is 0 Å². The molecule has 1 fully saturated rings. The minimum atomic E-state index is -0.0829. The minimum absolute atomic E-state index is 0.0829. The van der Waals surface area contributed by atoms with Crippen molar-refractivity contribution in [2.45, 2.75) is 6.54 Å². The lowest BCUT2D eigenvalue weighted by atomic mass is 10.0. The van der Waals surface area contributed by atoms with Gasteiger partial charge in [0.2, 0.25) is 0 Å². The first kappa shape index (κ1) is 18.8. The molecule has 1 saturated heterocycles. The molecule has 0 aromatic heterocycles. The number of amides is 1. The first-order valence-corrected chi connectivity index (χ1v) is 10.8. The van der Waals surface area contributed by atoms with E-state index in [4.69, 9.17) is 0 Å². The quantitative estimate of drug-likeness (QED) is 0.656. The number of thioether (sulfide) groups is 1. The summed E-state index contributed by atoms with van der Waals surface area (Å²) in [4.78, 5) is 15.0. The predicted octanol–water partition coefficient (Wildman–Crippen LogP) is 5.15. The van der Waals surface area contributed by atoms with E-state index in [1.807, 2.05) is 66.4 Å². The molecule has 1 aliphatic heterocycles. The standard InChI is InChI=1S/C24H24N2OS/c27-24(22-10-8-21(9-11-22)20-4-2-1-3-5-20)25-23-12-6-19(7-13-23)18-26-14-16-28-17-15-26/h1-13H,14-18H2,(H,25,27). The highest BCUT2D eigenvalue weighted by Crippen LogP contribution is 2.20. The zero-order chi connectivity index (χ0) is 19.2. The van der Waals surface area contributed by atoms with E-state index in [0.29, 0.717) is 5.56 Å². The molecule has 3 nitrogen and oxygen atoms in total. The van der Waals surface area contributed by atoms with Crippen LogP contribution in [-0.4, -0.2) is 35.4 Å². The second-order valence-electron chi connectivity index (χ2n) is 6.98. The maximum atomic E-state index is 12.5. The molecule has 1 aliphatic rings. The van der Waals surface area contributed by atoms with E-state index in [2.05, 4.69) is 34.5 Å².